The van der Waals surface area contributed by atoms with Crippen molar-refractivity contribution in [3.8, 4) is 17.0 Å². The van der Waals surface area contributed by atoms with E-state index < -0.39 is 40.5 Å². The molecule has 0 aliphatic carbocycles. The maximum absolute atomic E-state index is 13.8. The third-order valence-electron chi connectivity index (χ3n) is 2.87. The molecule has 0 amide bonds. The highest BCUT2D eigenvalue weighted by molar-refractivity contribution is 5.95. The number of esters is 1. The average Bonchev–Trinajstić information content (AvgIpc) is 2.95. The van der Waals surface area contributed by atoms with Gasteiger partial charge in [0.2, 0.25) is 0 Å². The lowest BCUT2D eigenvalue weighted by atomic mass is 10.0. The molecule has 1 aromatic carbocycles. The molecule has 0 spiro atoms. The second-order valence-electron chi connectivity index (χ2n) is 4.24. The molecule has 1 N–H and O–H groups in total. The maximum Gasteiger partial charge on any atom is 0.420 e. The summed E-state index contributed by atoms with van der Waals surface area (Å²) in [7, 11) is 1.11. The van der Waals surface area contributed by atoms with Crippen molar-refractivity contribution in [3.05, 3.63) is 29.2 Å². The van der Waals surface area contributed by atoms with Gasteiger partial charge < -0.3 is 9.47 Å². The Hall–Kier alpha value is -2.65. The molecule has 0 saturated heterocycles. The molecule has 0 aliphatic heterocycles. The molecular weight excluding hydrogens is 322 g/mol. The van der Waals surface area contributed by atoms with Crippen LogP contribution < -0.4 is 4.74 Å². The molecule has 23 heavy (non-hydrogen) atoms. The number of carbonyl (C=O) groups is 1. The highest BCUT2D eigenvalue weighted by Crippen LogP contribution is 2.43. The van der Waals surface area contributed by atoms with Gasteiger partial charge in [-0.05, 0) is 19.1 Å². The normalized spacial score (nSPS) is 11.4. The second-order valence-corrected chi connectivity index (χ2v) is 4.24. The van der Waals surface area contributed by atoms with E-state index in [1.54, 1.807) is 0 Å². The SMILES string of the molecule is CCOC(=O)c1n[nH]nc1-c1c(OC)ccc(F)c1C(F)(F)F. The van der Waals surface area contributed by atoms with Crippen LogP contribution in [0, 0.1) is 5.82 Å². The quantitative estimate of drug-likeness (QED) is 0.688. The molecule has 0 unspecified atom stereocenters. The van der Waals surface area contributed by atoms with E-state index in [9.17, 15) is 22.4 Å². The molecule has 0 radical (unpaired) electrons. The molecule has 0 atom stereocenters. The van der Waals surface area contributed by atoms with Gasteiger partial charge in [0.1, 0.15) is 22.8 Å². The standard InChI is InChI=1S/C13H11F4N3O3/c1-3-23-12(21)11-10(18-20-19-11)8-7(22-2)5-4-6(14)9(8)13(15,16)17/h4-5H,3H2,1-2H3,(H,18,19,20). The van der Waals surface area contributed by atoms with Crippen LogP contribution in [0.4, 0.5) is 17.6 Å². The Morgan fingerprint density at radius 3 is 2.57 bits per heavy atom. The lowest BCUT2D eigenvalue weighted by Crippen LogP contribution is -2.13. The zero-order valence-electron chi connectivity index (χ0n) is 12.0. The number of halogens is 4. The molecule has 2 aromatic rings. The van der Waals surface area contributed by atoms with Gasteiger partial charge in [-0.15, -0.1) is 5.10 Å². The van der Waals surface area contributed by atoms with Gasteiger partial charge in [0.05, 0.1) is 19.3 Å². The fourth-order valence-electron chi connectivity index (χ4n) is 1.99. The largest absolute Gasteiger partial charge is 0.496 e. The van der Waals surface area contributed by atoms with Gasteiger partial charge in [-0.2, -0.15) is 23.5 Å². The number of carbonyl (C=O) groups excluding carboxylic acids is 1. The van der Waals surface area contributed by atoms with E-state index in [4.69, 9.17) is 9.47 Å². The number of nitrogens with one attached hydrogen (secondary N) is 1. The summed E-state index contributed by atoms with van der Waals surface area (Å²) in [6, 6.07) is 1.62. The van der Waals surface area contributed by atoms with Crippen molar-refractivity contribution >= 4 is 5.97 Å². The summed E-state index contributed by atoms with van der Waals surface area (Å²) in [6.07, 6.45) is -5.03. The number of aromatic amines is 1. The van der Waals surface area contributed by atoms with Crippen LogP contribution in [0.3, 0.4) is 0 Å². The van der Waals surface area contributed by atoms with Gasteiger partial charge in [0, 0.05) is 0 Å². The third-order valence-corrected chi connectivity index (χ3v) is 2.87. The van der Waals surface area contributed by atoms with Gasteiger partial charge in [-0.3, -0.25) is 0 Å². The first kappa shape index (κ1) is 16.7. The van der Waals surface area contributed by atoms with Crippen LogP contribution in [0.1, 0.15) is 23.0 Å². The topological polar surface area (TPSA) is 77.1 Å². The summed E-state index contributed by atoms with van der Waals surface area (Å²) in [5.41, 5.74) is -3.33. The lowest BCUT2D eigenvalue weighted by Gasteiger charge is -2.16. The molecule has 10 heteroatoms. The molecule has 0 fully saturated rings. The van der Waals surface area contributed by atoms with E-state index in [0.29, 0.717) is 6.07 Å². The van der Waals surface area contributed by atoms with Crippen molar-refractivity contribution < 1.29 is 31.8 Å². The molecule has 1 aromatic heterocycles. The molecule has 2 rings (SSSR count). The highest BCUT2D eigenvalue weighted by atomic mass is 19.4. The van der Waals surface area contributed by atoms with Crippen LogP contribution in [-0.4, -0.2) is 35.1 Å². The van der Waals surface area contributed by atoms with Crippen LogP contribution in [0.2, 0.25) is 0 Å². The zero-order valence-corrected chi connectivity index (χ0v) is 12.0. The summed E-state index contributed by atoms with van der Waals surface area (Å²) >= 11 is 0. The van der Waals surface area contributed by atoms with Crippen LogP contribution in [0.5, 0.6) is 5.75 Å². The molecule has 0 bridgehead atoms. The summed E-state index contributed by atoms with van der Waals surface area (Å²) in [6.45, 7) is 1.50. The number of rotatable bonds is 4. The number of ether oxygens (including phenoxy) is 2. The summed E-state index contributed by atoms with van der Waals surface area (Å²) in [5, 5.41) is 9.05. The smallest absolute Gasteiger partial charge is 0.420 e. The highest BCUT2D eigenvalue weighted by Gasteiger charge is 2.40. The number of methoxy groups -OCH3 is 1. The Bertz CT molecular complexity index is 728. The predicted molar refractivity (Wildman–Crippen MR) is 69.3 cm³/mol. The first-order valence-electron chi connectivity index (χ1n) is 6.33. The van der Waals surface area contributed by atoms with Crippen molar-refractivity contribution in [2.24, 2.45) is 0 Å². The fraction of sp³-hybridized carbons (Fsp3) is 0.308. The number of alkyl halides is 3. The molecule has 1 heterocycles. The average molecular weight is 333 g/mol. The minimum absolute atomic E-state index is 0.0163. The Morgan fingerprint density at radius 2 is 2.00 bits per heavy atom. The minimum atomic E-state index is -5.03. The van der Waals surface area contributed by atoms with Crippen LogP contribution in [-0.2, 0) is 10.9 Å². The molecule has 6 nitrogen and oxygen atoms in total. The Labute approximate surface area is 127 Å². The molecule has 124 valence electrons. The Morgan fingerprint density at radius 1 is 1.30 bits per heavy atom. The second kappa shape index (κ2) is 6.23. The van der Waals surface area contributed by atoms with Crippen molar-refractivity contribution in [1.29, 1.82) is 0 Å². The number of nitrogens with zero attached hydrogens (tertiary/aromatic N) is 2. The minimum Gasteiger partial charge on any atom is -0.496 e. The number of benzene rings is 1. The van der Waals surface area contributed by atoms with Crippen molar-refractivity contribution in [1.82, 2.24) is 15.4 Å². The van der Waals surface area contributed by atoms with Crippen LogP contribution >= 0.6 is 0 Å². The number of H-pyrrole nitrogens is 1. The fourth-order valence-corrected chi connectivity index (χ4v) is 1.99. The van der Waals surface area contributed by atoms with E-state index in [1.807, 2.05) is 5.21 Å². The lowest BCUT2D eigenvalue weighted by molar-refractivity contribution is -0.139. The first-order valence-corrected chi connectivity index (χ1v) is 6.33. The van der Waals surface area contributed by atoms with Crippen molar-refractivity contribution in [2.45, 2.75) is 13.1 Å². The zero-order chi connectivity index (χ0) is 17.2. The van der Waals surface area contributed by atoms with Gasteiger partial charge in [0.25, 0.3) is 0 Å². The summed E-state index contributed by atoms with van der Waals surface area (Å²) < 4.78 is 63.0. The Kier molecular flexibility index (Phi) is 4.52. The summed E-state index contributed by atoms with van der Waals surface area (Å²) in [4.78, 5) is 11.8. The monoisotopic (exact) mass is 333 g/mol. The van der Waals surface area contributed by atoms with Crippen LogP contribution in [0.25, 0.3) is 11.3 Å². The van der Waals surface area contributed by atoms with E-state index in [2.05, 4.69) is 10.2 Å². The van der Waals surface area contributed by atoms with Crippen molar-refractivity contribution in [2.75, 3.05) is 13.7 Å². The van der Waals surface area contributed by atoms with Crippen molar-refractivity contribution in [3.63, 3.8) is 0 Å². The number of aromatic nitrogens is 3. The van der Waals surface area contributed by atoms with E-state index in [-0.39, 0.29) is 12.4 Å². The van der Waals surface area contributed by atoms with Gasteiger partial charge in [-0.25, -0.2) is 9.18 Å². The van der Waals surface area contributed by atoms with E-state index in [0.717, 1.165) is 13.2 Å². The maximum atomic E-state index is 13.8. The third kappa shape index (κ3) is 3.10. The first-order chi connectivity index (χ1) is 10.8. The van der Waals surface area contributed by atoms with E-state index in [1.165, 1.54) is 6.92 Å². The van der Waals surface area contributed by atoms with Gasteiger partial charge >= 0.3 is 12.1 Å². The Balaban J connectivity index is 2.76. The predicted octanol–water partition coefficient (Wildman–Crippen LogP) is 2.81. The number of hydrogen-bond donors (Lipinski definition) is 1. The van der Waals surface area contributed by atoms with E-state index >= 15 is 0 Å². The molecule has 0 saturated carbocycles. The molecular formula is C13H11F4N3O3. The summed E-state index contributed by atoms with van der Waals surface area (Å²) in [5.74, 6) is -2.82. The molecule has 0 aliphatic rings. The van der Waals surface area contributed by atoms with Gasteiger partial charge in [-0.1, -0.05) is 0 Å². The number of hydrogen-bond acceptors (Lipinski definition) is 5. The van der Waals surface area contributed by atoms with Gasteiger partial charge in [0.15, 0.2) is 5.69 Å². The van der Waals surface area contributed by atoms with Crippen LogP contribution in [0.15, 0.2) is 12.1 Å².